The number of likely N-dealkylation sites (tertiary alicyclic amines) is 1. The highest BCUT2D eigenvalue weighted by atomic mass is 16.5. The van der Waals surface area contributed by atoms with Crippen LogP contribution in [0.2, 0.25) is 0 Å². The fourth-order valence-electron chi connectivity index (χ4n) is 2.62. The number of benzene rings is 1. The number of aromatic hydroxyl groups is 2. The first-order chi connectivity index (χ1) is 9.61. The van der Waals surface area contributed by atoms with Crippen molar-refractivity contribution in [2.24, 2.45) is 0 Å². The Morgan fingerprint density at radius 2 is 2.00 bits per heavy atom. The molecule has 0 saturated carbocycles. The van der Waals surface area contributed by atoms with Gasteiger partial charge < -0.3 is 19.8 Å². The van der Waals surface area contributed by atoms with E-state index in [1.54, 1.807) is 0 Å². The average molecular weight is 279 g/mol. The Morgan fingerprint density at radius 1 is 1.30 bits per heavy atom. The number of phenolic OH excluding ortho intramolecular Hbond substituents is 2. The van der Waals surface area contributed by atoms with Crippen molar-refractivity contribution >= 4 is 5.78 Å². The molecule has 0 atom stereocenters. The number of rotatable bonds is 6. The van der Waals surface area contributed by atoms with E-state index in [4.69, 9.17) is 4.74 Å². The van der Waals surface area contributed by atoms with Gasteiger partial charge in [-0.2, -0.15) is 0 Å². The van der Waals surface area contributed by atoms with Crippen LogP contribution in [0.25, 0.3) is 0 Å². The Labute approximate surface area is 118 Å². The van der Waals surface area contributed by atoms with Gasteiger partial charge >= 0.3 is 0 Å². The Bertz CT molecular complexity index is 481. The predicted molar refractivity (Wildman–Crippen MR) is 75.6 cm³/mol. The highest BCUT2D eigenvalue weighted by Gasteiger charge is 2.19. The van der Waals surface area contributed by atoms with Gasteiger partial charge in [-0.1, -0.05) is 0 Å². The van der Waals surface area contributed by atoms with Gasteiger partial charge in [-0.3, -0.25) is 4.79 Å². The largest absolute Gasteiger partial charge is 0.508 e. The number of methoxy groups -OCH3 is 1. The molecular weight excluding hydrogens is 258 g/mol. The zero-order valence-corrected chi connectivity index (χ0v) is 11.8. The maximum Gasteiger partial charge on any atom is 0.170 e. The number of ether oxygens (including phenoxy) is 1. The van der Waals surface area contributed by atoms with Crippen molar-refractivity contribution in [2.75, 3.05) is 26.7 Å². The summed E-state index contributed by atoms with van der Waals surface area (Å²) >= 11 is 0. The minimum atomic E-state index is -0.229. The van der Waals surface area contributed by atoms with Gasteiger partial charge in [0.1, 0.15) is 22.8 Å². The van der Waals surface area contributed by atoms with Gasteiger partial charge in [0.05, 0.1) is 7.11 Å². The number of hydrogen-bond donors (Lipinski definition) is 2. The lowest BCUT2D eigenvalue weighted by Crippen LogP contribution is -2.21. The van der Waals surface area contributed by atoms with Crippen LogP contribution < -0.4 is 4.74 Å². The van der Waals surface area contributed by atoms with Crippen LogP contribution in [0.1, 0.15) is 36.0 Å². The molecule has 20 heavy (non-hydrogen) atoms. The van der Waals surface area contributed by atoms with Crippen LogP contribution in [0.5, 0.6) is 17.2 Å². The second-order valence-corrected chi connectivity index (χ2v) is 5.12. The average Bonchev–Trinajstić information content (AvgIpc) is 2.90. The number of carbonyl (C=O) groups is 1. The lowest BCUT2D eigenvalue weighted by molar-refractivity contribution is 0.0970. The topological polar surface area (TPSA) is 70.0 Å². The summed E-state index contributed by atoms with van der Waals surface area (Å²) in [5.74, 6) is -0.284. The van der Waals surface area contributed by atoms with Crippen LogP contribution in [-0.2, 0) is 0 Å². The van der Waals surface area contributed by atoms with Gasteiger partial charge in [0, 0.05) is 18.6 Å². The van der Waals surface area contributed by atoms with E-state index in [1.165, 1.54) is 26.0 Å². The third-order valence-electron chi connectivity index (χ3n) is 3.64. The maximum atomic E-state index is 12.2. The first-order valence-corrected chi connectivity index (χ1v) is 6.97. The predicted octanol–water partition coefficient (Wildman–Crippen LogP) is 2.17. The zero-order chi connectivity index (χ0) is 14.5. The van der Waals surface area contributed by atoms with E-state index in [0.717, 1.165) is 32.1 Å². The van der Waals surface area contributed by atoms with Crippen molar-refractivity contribution < 1.29 is 19.7 Å². The zero-order valence-electron chi connectivity index (χ0n) is 11.8. The van der Waals surface area contributed by atoms with E-state index in [0.29, 0.717) is 6.42 Å². The fourth-order valence-corrected chi connectivity index (χ4v) is 2.62. The van der Waals surface area contributed by atoms with Crippen molar-refractivity contribution in [3.05, 3.63) is 17.7 Å². The van der Waals surface area contributed by atoms with Crippen LogP contribution in [-0.4, -0.2) is 47.6 Å². The van der Waals surface area contributed by atoms with E-state index >= 15 is 0 Å². The van der Waals surface area contributed by atoms with Crippen molar-refractivity contribution in [1.82, 2.24) is 4.90 Å². The fraction of sp³-hybridized carbons (Fsp3) is 0.533. The van der Waals surface area contributed by atoms with Gasteiger partial charge in [0.25, 0.3) is 0 Å². The SMILES string of the molecule is COc1cc(O)cc(O)c1C(=O)CCCN1CCCC1. The van der Waals surface area contributed by atoms with Crippen LogP contribution in [0.3, 0.4) is 0 Å². The van der Waals surface area contributed by atoms with E-state index in [2.05, 4.69) is 4.90 Å². The lowest BCUT2D eigenvalue weighted by atomic mass is 10.0. The number of carbonyl (C=O) groups excluding carboxylic acids is 1. The molecule has 0 aromatic heterocycles. The van der Waals surface area contributed by atoms with Gasteiger partial charge in [0.2, 0.25) is 0 Å². The number of nitrogens with zero attached hydrogens (tertiary/aromatic N) is 1. The molecule has 1 aromatic rings. The van der Waals surface area contributed by atoms with E-state index < -0.39 is 0 Å². The molecule has 2 N–H and O–H groups in total. The summed E-state index contributed by atoms with van der Waals surface area (Å²) in [5, 5.41) is 19.2. The summed E-state index contributed by atoms with van der Waals surface area (Å²) in [6, 6.07) is 2.50. The number of Topliss-reactive ketones (excluding diaryl/α,β-unsaturated/α-hetero) is 1. The molecule has 0 spiro atoms. The highest BCUT2D eigenvalue weighted by Crippen LogP contribution is 2.33. The van der Waals surface area contributed by atoms with Crippen LogP contribution in [0, 0.1) is 0 Å². The molecule has 2 rings (SSSR count). The third-order valence-corrected chi connectivity index (χ3v) is 3.64. The van der Waals surface area contributed by atoms with Gasteiger partial charge in [0.15, 0.2) is 5.78 Å². The molecule has 1 aliphatic heterocycles. The third kappa shape index (κ3) is 3.42. The second kappa shape index (κ2) is 6.61. The Balaban J connectivity index is 1.97. The molecule has 0 radical (unpaired) electrons. The molecule has 1 heterocycles. The van der Waals surface area contributed by atoms with Crippen LogP contribution >= 0.6 is 0 Å². The molecule has 1 fully saturated rings. The van der Waals surface area contributed by atoms with Gasteiger partial charge in [-0.25, -0.2) is 0 Å². The molecule has 5 heteroatoms. The summed E-state index contributed by atoms with van der Waals surface area (Å²) in [7, 11) is 1.41. The molecular formula is C15H21NO4. The van der Waals surface area contributed by atoms with E-state index in [1.807, 2.05) is 0 Å². The summed E-state index contributed by atoms with van der Waals surface area (Å²) in [6.45, 7) is 3.14. The van der Waals surface area contributed by atoms with Crippen LogP contribution in [0.4, 0.5) is 0 Å². The Hall–Kier alpha value is -1.75. The first kappa shape index (κ1) is 14.7. The molecule has 0 unspecified atom stereocenters. The van der Waals surface area contributed by atoms with Gasteiger partial charge in [-0.05, 0) is 38.9 Å². The Morgan fingerprint density at radius 3 is 2.65 bits per heavy atom. The summed E-state index contributed by atoms with van der Waals surface area (Å²) < 4.78 is 5.06. The van der Waals surface area contributed by atoms with E-state index in [-0.39, 0.29) is 28.6 Å². The molecule has 1 aliphatic rings. The minimum absolute atomic E-state index is 0.118. The molecule has 1 aromatic carbocycles. The highest BCUT2D eigenvalue weighted by molar-refractivity contribution is 6.01. The molecule has 0 bridgehead atoms. The molecule has 0 amide bonds. The van der Waals surface area contributed by atoms with Crippen molar-refractivity contribution in [3.63, 3.8) is 0 Å². The number of ketones is 1. The van der Waals surface area contributed by atoms with Gasteiger partial charge in [-0.15, -0.1) is 0 Å². The lowest BCUT2D eigenvalue weighted by Gasteiger charge is -2.14. The Kier molecular flexibility index (Phi) is 4.84. The quantitative estimate of drug-likeness (QED) is 0.781. The minimum Gasteiger partial charge on any atom is -0.508 e. The smallest absolute Gasteiger partial charge is 0.170 e. The standard InChI is InChI=1S/C15H21NO4/c1-20-14-10-11(17)9-13(19)15(14)12(18)5-4-8-16-6-2-3-7-16/h9-10,17,19H,2-8H2,1H3. The molecule has 5 nitrogen and oxygen atoms in total. The van der Waals surface area contributed by atoms with Crippen molar-refractivity contribution in [3.8, 4) is 17.2 Å². The summed E-state index contributed by atoms with van der Waals surface area (Å²) in [5.41, 5.74) is 0.159. The van der Waals surface area contributed by atoms with Crippen molar-refractivity contribution in [1.29, 1.82) is 0 Å². The normalized spacial score (nSPS) is 15.4. The maximum absolute atomic E-state index is 12.2. The van der Waals surface area contributed by atoms with Crippen LogP contribution in [0.15, 0.2) is 12.1 Å². The summed E-state index contributed by atoms with van der Waals surface area (Å²) in [4.78, 5) is 14.5. The monoisotopic (exact) mass is 279 g/mol. The molecule has 110 valence electrons. The number of phenols is 2. The molecule has 1 saturated heterocycles. The van der Waals surface area contributed by atoms with Crippen molar-refractivity contribution in [2.45, 2.75) is 25.7 Å². The number of hydrogen-bond acceptors (Lipinski definition) is 5. The second-order valence-electron chi connectivity index (χ2n) is 5.12. The first-order valence-electron chi connectivity index (χ1n) is 6.97. The molecule has 0 aliphatic carbocycles. The van der Waals surface area contributed by atoms with E-state index in [9.17, 15) is 15.0 Å². The summed E-state index contributed by atoms with van der Waals surface area (Å²) in [6.07, 6.45) is 3.61.